The summed E-state index contributed by atoms with van der Waals surface area (Å²) in [5, 5.41) is 4.74. The van der Waals surface area contributed by atoms with E-state index >= 15 is 0 Å². The number of benzene rings is 3. The fraction of sp³-hybridized carbons (Fsp3) is 0.208. The maximum atomic E-state index is 12.5. The van der Waals surface area contributed by atoms with Crippen LogP contribution < -0.4 is 9.47 Å². The zero-order valence-corrected chi connectivity index (χ0v) is 19.3. The van der Waals surface area contributed by atoms with Crippen LogP contribution in [0.25, 0.3) is 10.4 Å². The molecule has 9 heteroatoms. The first kappa shape index (κ1) is 24.3. The first-order valence-electron chi connectivity index (χ1n) is 10.1. The molecular weight excluding hydrogens is 465 g/mol. The van der Waals surface area contributed by atoms with E-state index in [2.05, 4.69) is 10.0 Å². The Morgan fingerprint density at radius 2 is 1.55 bits per heavy atom. The number of hydrogen-bond acceptors (Lipinski definition) is 5. The van der Waals surface area contributed by atoms with Gasteiger partial charge >= 0.3 is 5.97 Å². The highest BCUT2D eigenvalue weighted by Crippen LogP contribution is 2.38. The van der Waals surface area contributed by atoms with Crippen LogP contribution in [0.1, 0.15) is 29.7 Å². The van der Waals surface area contributed by atoms with Crippen molar-refractivity contribution in [1.82, 2.24) is 0 Å². The van der Waals surface area contributed by atoms with E-state index in [1.807, 2.05) is 36.4 Å². The minimum atomic E-state index is -1.25. The second kappa shape index (κ2) is 12.0. The third kappa shape index (κ3) is 6.33. The molecule has 3 rings (SSSR count). The number of esters is 1. The number of halogens is 2. The van der Waals surface area contributed by atoms with Crippen molar-refractivity contribution < 1.29 is 19.0 Å². The van der Waals surface area contributed by atoms with Gasteiger partial charge in [0.05, 0.1) is 6.61 Å². The summed E-state index contributed by atoms with van der Waals surface area (Å²) >= 11 is 12.5. The topological polar surface area (TPSA) is 93.5 Å². The van der Waals surface area contributed by atoms with E-state index in [-0.39, 0.29) is 25.6 Å². The fourth-order valence-corrected chi connectivity index (χ4v) is 3.44. The smallest absolute Gasteiger partial charge is 0.319 e. The van der Waals surface area contributed by atoms with Crippen molar-refractivity contribution in [1.29, 1.82) is 0 Å². The molecule has 0 amide bonds. The molecule has 0 saturated heterocycles. The van der Waals surface area contributed by atoms with Gasteiger partial charge in [0.15, 0.2) is 17.5 Å². The van der Waals surface area contributed by atoms with Gasteiger partial charge in [-0.25, -0.2) is 0 Å². The number of ether oxygens (including phenoxy) is 3. The molecule has 0 aliphatic heterocycles. The van der Waals surface area contributed by atoms with Gasteiger partial charge in [-0.05, 0) is 30.7 Å². The lowest BCUT2D eigenvalue weighted by Crippen LogP contribution is -2.15. The molecule has 0 aliphatic carbocycles. The summed E-state index contributed by atoms with van der Waals surface area (Å²) in [6.07, 6.45) is 0. The van der Waals surface area contributed by atoms with Crippen LogP contribution in [0.5, 0.6) is 11.5 Å². The lowest BCUT2D eigenvalue weighted by atomic mass is 10.1. The van der Waals surface area contributed by atoms with Gasteiger partial charge in [-0.15, -0.1) is 0 Å². The average Bonchev–Trinajstić information content (AvgIpc) is 2.82. The Morgan fingerprint density at radius 3 is 2.12 bits per heavy atom. The number of hydrogen-bond donors (Lipinski definition) is 0. The number of para-hydroxylation sites is 1. The Hall–Kier alpha value is -3.38. The number of nitrogens with zero attached hydrogens (tertiary/aromatic N) is 3. The van der Waals surface area contributed by atoms with Crippen molar-refractivity contribution in [2.45, 2.75) is 26.2 Å². The maximum absolute atomic E-state index is 12.5. The van der Waals surface area contributed by atoms with Crippen LogP contribution in [-0.4, -0.2) is 12.6 Å². The van der Waals surface area contributed by atoms with Crippen LogP contribution in [0.3, 0.4) is 0 Å². The molecule has 0 saturated carbocycles. The molecule has 3 aromatic rings. The van der Waals surface area contributed by atoms with Crippen molar-refractivity contribution in [3.63, 3.8) is 0 Å². The Kier molecular flexibility index (Phi) is 8.84. The molecule has 3 aromatic carbocycles. The van der Waals surface area contributed by atoms with Crippen molar-refractivity contribution in [2.75, 3.05) is 6.61 Å². The molecular formula is C24H21Cl2N3O4. The first-order valence-corrected chi connectivity index (χ1v) is 10.9. The number of rotatable bonds is 10. The van der Waals surface area contributed by atoms with Crippen molar-refractivity contribution in [3.05, 3.63) is 104 Å². The first-order chi connectivity index (χ1) is 16.0. The highest BCUT2D eigenvalue weighted by molar-refractivity contribution is 6.31. The lowest BCUT2D eigenvalue weighted by Gasteiger charge is -2.20. The van der Waals surface area contributed by atoms with Gasteiger partial charge in [0, 0.05) is 31.6 Å². The monoisotopic (exact) mass is 485 g/mol. The minimum Gasteiger partial charge on any atom is -0.485 e. The van der Waals surface area contributed by atoms with Crippen LogP contribution >= 0.6 is 23.2 Å². The van der Waals surface area contributed by atoms with E-state index < -0.39 is 12.0 Å². The molecule has 1 atom stereocenters. The SMILES string of the molecule is CCOC(=O)C(N=[N+]=[N-])c1cccc(OCc2ccccc2Cl)c1OCc1ccccc1Cl. The molecule has 0 N–H and O–H groups in total. The third-order valence-corrected chi connectivity index (χ3v) is 5.39. The summed E-state index contributed by atoms with van der Waals surface area (Å²) < 4.78 is 17.2. The molecule has 1 unspecified atom stereocenters. The summed E-state index contributed by atoms with van der Waals surface area (Å²) in [6.45, 7) is 2.07. The van der Waals surface area contributed by atoms with Crippen LogP contribution in [0.15, 0.2) is 71.8 Å². The molecule has 170 valence electrons. The van der Waals surface area contributed by atoms with E-state index in [1.54, 1.807) is 37.3 Å². The van der Waals surface area contributed by atoms with Gasteiger partial charge in [0.1, 0.15) is 13.2 Å². The van der Waals surface area contributed by atoms with Crippen LogP contribution in [-0.2, 0) is 22.7 Å². The fourth-order valence-electron chi connectivity index (χ4n) is 3.06. The Bertz CT molecular complexity index is 1170. The summed E-state index contributed by atoms with van der Waals surface area (Å²) in [4.78, 5) is 15.3. The molecule has 33 heavy (non-hydrogen) atoms. The highest BCUT2D eigenvalue weighted by atomic mass is 35.5. The maximum Gasteiger partial charge on any atom is 0.319 e. The van der Waals surface area contributed by atoms with E-state index in [0.29, 0.717) is 21.4 Å². The Morgan fingerprint density at radius 1 is 0.939 bits per heavy atom. The number of carbonyl (C=O) groups excluding carboxylic acids is 1. The quantitative estimate of drug-likeness (QED) is 0.133. The molecule has 0 fully saturated rings. The van der Waals surface area contributed by atoms with Crippen molar-refractivity contribution in [2.24, 2.45) is 5.11 Å². The molecule has 0 aromatic heterocycles. The second-order valence-electron chi connectivity index (χ2n) is 6.79. The predicted molar refractivity (Wildman–Crippen MR) is 127 cm³/mol. The Balaban J connectivity index is 1.99. The van der Waals surface area contributed by atoms with Gasteiger partial charge < -0.3 is 14.2 Å². The summed E-state index contributed by atoms with van der Waals surface area (Å²) in [5.74, 6) is -0.0991. The van der Waals surface area contributed by atoms with Crippen LogP contribution in [0, 0.1) is 0 Å². The zero-order valence-electron chi connectivity index (χ0n) is 17.8. The zero-order chi connectivity index (χ0) is 23.6. The van der Waals surface area contributed by atoms with E-state index in [1.165, 1.54) is 0 Å². The number of carbonyl (C=O) groups is 1. The largest absolute Gasteiger partial charge is 0.485 e. The summed E-state index contributed by atoms with van der Waals surface area (Å²) in [6, 6.07) is 18.3. The molecule has 0 aliphatic rings. The van der Waals surface area contributed by atoms with Crippen LogP contribution in [0.4, 0.5) is 0 Å². The lowest BCUT2D eigenvalue weighted by molar-refractivity contribution is -0.144. The molecule has 7 nitrogen and oxygen atoms in total. The van der Waals surface area contributed by atoms with Crippen LogP contribution in [0.2, 0.25) is 10.0 Å². The third-order valence-electron chi connectivity index (χ3n) is 4.65. The summed E-state index contributed by atoms with van der Waals surface area (Å²) in [7, 11) is 0. The number of azide groups is 1. The standard InChI is InChI=1S/C24H21Cl2N3O4/c1-2-31-24(30)22(28-29-27)18-10-7-13-21(32-14-16-8-3-5-11-19(16)25)23(18)33-15-17-9-4-6-12-20(17)26/h3-13,22H,2,14-15H2,1H3. The van der Waals surface area contributed by atoms with Crippen molar-refractivity contribution >= 4 is 29.2 Å². The highest BCUT2D eigenvalue weighted by Gasteiger charge is 2.27. The van der Waals surface area contributed by atoms with Gasteiger partial charge in [-0.2, -0.15) is 0 Å². The van der Waals surface area contributed by atoms with Gasteiger partial charge in [-0.3, -0.25) is 4.79 Å². The molecule has 0 heterocycles. The minimum absolute atomic E-state index is 0.102. The van der Waals surface area contributed by atoms with Gasteiger partial charge in [0.25, 0.3) is 0 Å². The van der Waals surface area contributed by atoms with Gasteiger partial charge in [-0.1, -0.05) is 76.8 Å². The normalized spacial score (nSPS) is 11.2. The summed E-state index contributed by atoms with van der Waals surface area (Å²) in [5.41, 5.74) is 10.9. The average molecular weight is 486 g/mol. The van der Waals surface area contributed by atoms with Crippen molar-refractivity contribution in [3.8, 4) is 11.5 Å². The second-order valence-corrected chi connectivity index (χ2v) is 7.61. The predicted octanol–water partition coefficient (Wildman–Crippen LogP) is 7.07. The van der Waals surface area contributed by atoms with E-state index in [9.17, 15) is 4.79 Å². The molecule has 0 radical (unpaired) electrons. The van der Waals surface area contributed by atoms with Gasteiger partial charge in [0.2, 0.25) is 0 Å². The molecule has 0 spiro atoms. The van der Waals surface area contributed by atoms with E-state index in [4.69, 9.17) is 42.9 Å². The Labute approximate surface area is 201 Å². The molecule has 0 bridgehead atoms. The van der Waals surface area contributed by atoms with E-state index in [0.717, 1.165) is 11.1 Å².